The van der Waals surface area contributed by atoms with Gasteiger partial charge in [0.1, 0.15) is 6.10 Å². The predicted molar refractivity (Wildman–Crippen MR) is 76.0 cm³/mol. The molecule has 5 nitrogen and oxygen atoms in total. The zero-order valence-corrected chi connectivity index (χ0v) is 12.4. The lowest BCUT2D eigenvalue weighted by Gasteiger charge is -2.35. The second-order valence-corrected chi connectivity index (χ2v) is 6.07. The summed E-state index contributed by atoms with van der Waals surface area (Å²) in [7, 11) is 0. The fourth-order valence-corrected chi connectivity index (χ4v) is 3.23. The molecule has 2 rings (SSSR count). The maximum absolute atomic E-state index is 12.1. The molecule has 2 fully saturated rings. The van der Waals surface area contributed by atoms with Gasteiger partial charge >= 0.3 is 0 Å². The predicted octanol–water partition coefficient (Wildman–Crippen LogP) is 1.01. The van der Waals surface area contributed by atoms with Crippen molar-refractivity contribution in [3.8, 4) is 0 Å². The van der Waals surface area contributed by atoms with Gasteiger partial charge in [-0.05, 0) is 19.3 Å². The Bertz CT molecular complexity index is 343. The van der Waals surface area contributed by atoms with Gasteiger partial charge in [0.15, 0.2) is 0 Å². The van der Waals surface area contributed by atoms with Gasteiger partial charge in [-0.15, -0.1) is 0 Å². The van der Waals surface area contributed by atoms with E-state index in [0.717, 1.165) is 12.3 Å². The van der Waals surface area contributed by atoms with E-state index in [9.17, 15) is 14.7 Å². The number of hydrogen-bond donors (Lipinski definition) is 1. The molecule has 2 aliphatic rings. The Balaban J connectivity index is 1.70. The van der Waals surface area contributed by atoms with Crippen LogP contribution >= 0.6 is 0 Å². The van der Waals surface area contributed by atoms with Crippen molar-refractivity contribution in [3.05, 3.63) is 0 Å². The number of carbonyl (C=O) groups is 2. The number of rotatable bonds is 4. The lowest BCUT2D eigenvalue weighted by molar-refractivity contribution is -0.144. The Morgan fingerprint density at radius 3 is 2.20 bits per heavy atom. The van der Waals surface area contributed by atoms with E-state index in [2.05, 4.69) is 0 Å². The fraction of sp³-hybridized carbons (Fsp3) is 0.867. The van der Waals surface area contributed by atoms with Gasteiger partial charge in [0.2, 0.25) is 5.91 Å². The average Bonchev–Trinajstić information content (AvgIpc) is 2.97. The number of aliphatic hydroxyl groups is 1. The summed E-state index contributed by atoms with van der Waals surface area (Å²) < 4.78 is 0. The average molecular weight is 282 g/mol. The van der Waals surface area contributed by atoms with Crippen molar-refractivity contribution in [2.24, 2.45) is 5.92 Å². The molecule has 0 spiro atoms. The van der Waals surface area contributed by atoms with Crippen LogP contribution in [-0.2, 0) is 9.59 Å². The number of aliphatic hydroxyl groups excluding tert-OH is 1. The second kappa shape index (κ2) is 7.07. The van der Waals surface area contributed by atoms with E-state index >= 15 is 0 Å². The highest BCUT2D eigenvalue weighted by Crippen LogP contribution is 2.28. The summed E-state index contributed by atoms with van der Waals surface area (Å²) in [6.07, 6.45) is 5.92. The maximum atomic E-state index is 12.1. The molecule has 1 aliphatic carbocycles. The third kappa shape index (κ3) is 3.95. The Morgan fingerprint density at radius 2 is 1.65 bits per heavy atom. The van der Waals surface area contributed by atoms with Crippen LogP contribution in [0.3, 0.4) is 0 Å². The summed E-state index contributed by atoms with van der Waals surface area (Å²) in [5.74, 6) is 0.737. The Kier molecular flexibility index (Phi) is 5.40. The highest BCUT2D eigenvalue weighted by molar-refractivity contribution is 5.81. The normalized spacial score (nSPS) is 22.1. The number of hydrogen-bond acceptors (Lipinski definition) is 3. The van der Waals surface area contributed by atoms with Crippen molar-refractivity contribution in [2.45, 2.75) is 51.6 Å². The molecular formula is C15H26N2O3. The van der Waals surface area contributed by atoms with Gasteiger partial charge < -0.3 is 14.9 Å². The molecule has 1 N–H and O–H groups in total. The number of carbonyl (C=O) groups excluding carboxylic acids is 2. The molecule has 1 unspecified atom stereocenters. The summed E-state index contributed by atoms with van der Waals surface area (Å²) in [4.78, 5) is 27.3. The monoisotopic (exact) mass is 282 g/mol. The topological polar surface area (TPSA) is 60.9 Å². The molecule has 1 atom stereocenters. The first-order valence-corrected chi connectivity index (χ1v) is 7.82. The molecule has 0 aromatic heterocycles. The van der Waals surface area contributed by atoms with Gasteiger partial charge in [0, 0.05) is 32.6 Å². The first kappa shape index (κ1) is 15.3. The first-order valence-electron chi connectivity index (χ1n) is 7.82. The Hall–Kier alpha value is -1.10. The zero-order valence-electron chi connectivity index (χ0n) is 12.4. The minimum Gasteiger partial charge on any atom is -0.384 e. The van der Waals surface area contributed by atoms with Crippen molar-refractivity contribution < 1.29 is 14.7 Å². The minimum absolute atomic E-state index is 0.223. The van der Waals surface area contributed by atoms with Crippen molar-refractivity contribution >= 4 is 11.8 Å². The van der Waals surface area contributed by atoms with Crippen LogP contribution in [0.1, 0.15) is 45.4 Å². The van der Waals surface area contributed by atoms with Crippen LogP contribution in [0.15, 0.2) is 0 Å². The zero-order chi connectivity index (χ0) is 14.5. The van der Waals surface area contributed by atoms with Gasteiger partial charge in [-0.25, -0.2) is 0 Å². The summed E-state index contributed by atoms with van der Waals surface area (Å²) in [6.45, 7) is 3.77. The van der Waals surface area contributed by atoms with Gasteiger partial charge in [-0.3, -0.25) is 9.59 Å². The smallest absolute Gasteiger partial charge is 0.251 e. The van der Waals surface area contributed by atoms with Crippen molar-refractivity contribution in [2.75, 3.05) is 26.2 Å². The van der Waals surface area contributed by atoms with Gasteiger partial charge in [0.05, 0.1) is 0 Å². The van der Waals surface area contributed by atoms with Crippen LogP contribution in [0.5, 0.6) is 0 Å². The van der Waals surface area contributed by atoms with Gasteiger partial charge in [-0.1, -0.05) is 25.7 Å². The lowest BCUT2D eigenvalue weighted by Crippen LogP contribution is -2.52. The van der Waals surface area contributed by atoms with Crippen LogP contribution in [-0.4, -0.2) is 59.0 Å². The number of nitrogens with zero attached hydrogens (tertiary/aromatic N) is 2. The molecule has 2 amide bonds. The van der Waals surface area contributed by atoms with E-state index in [4.69, 9.17) is 0 Å². The van der Waals surface area contributed by atoms with Gasteiger partial charge in [0.25, 0.3) is 5.91 Å². The largest absolute Gasteiger partial charge is 0.384 e. The van der Waals surface area contributed by atoms with Crippen LogP contribution in [0.4, 0.5) is 0 Å². The van der Waals surface area contributed by atoms with E-state index < -0.39 is 6.10 Å². The van der Waals surface area contributed by atoms with E-state index in [1.807, 2.05) is 4.90 Å². The number of amides is 2. The minimum atomic E-state index is -0.945. The molecule has 0 bridgehead atoms. The molecule has 0 radical (unpaired) electrons. The van der Waals surface area contributed by atoms with E-state index in [1.165, 1.54) is 32.6 Å². The van der Waals surface area contributed by atoms with Crippen molar-refractivity contribution in [1.82, 2.24) is 9.80 Å². The van der Waals surface area contributed by atoms with Crippen LogP contribution in [0, 0.1) is 5.92 Å². The lowest BCUT2D eigenvalue weighted by atomic mass is 10.0. The maximum Gasteiger partial charge on any atom is 0.251 e. The van der Waals surface area contributed by atoms with E-state index in [-0.39, 0.29) is 11.8 Å². The molecule has 0 aromatic rings. The van der Waals surface area contributed by atoms with Crippen LogP contribution < -0.4 is 0 Å². The Morgan fingerprint density at radius 1 is 1.10 bits per heavy atom. The van der Waals surface area contributed by atoms with E-state index in [0.29, 0.717) is 32.6 Å². The van der Waals surface area contributed by atoms with E-state index in [1.54, 1.807) is 4.90 Å². The molecule has 114 valence electrons. The Labute approximate surface area is 120 Å². The second-order valence-electron chi connectivity index (χ2n) is 6.07. The SMILES string of the molecule is CC(O)C(=O)N1CCN(C(=O)CCC2CCCC2)CC1. The molecular weight excluding hydrogens is 256 g/mol. The summed E-state index contributed by atoms with van der Waals surface area (Å²) in [6, 6.07) is 0. The highest BCUT2D eigenvalue weighted by Gasteiger charge is 2.26. The molecule has 1 aliphatic heterocycles. The van der Waals surface area contributed by atoms with Crippen LogP contribution in [0.25, 0.3) is 0 Å². The summed E-state index contributed by atoms with van der Waals surface area (Å²) in [5.41, 5.74) is 0. The summed E-state index contributed by atoms with van der Waals surface area (Å²) in [5, 5.41) is 9.28. The van der Waals surface area contributed by atoms with Crippen LogP contribution in [0.2, 0.25) is 0 Å². The van der Waals surface area contributed by atoms with Gasteiger partial charge in [-0.2, -0.15) is 0 Å². The molecule has 5 heteroatoms. The first-order chi connectivity index (χ1) is 9.58. The molecule has 0 aromatic carbocycles. The molecule has 20 heavy (non-hydrogen) atoms. The standard InChI is InChI=1S/C15H26N2O3/c1-12(18)15(20)17-10-8-16(9-11-17)14(19)7-6-13-4-2-3-5-13/h12-13,18H,2-11H2,1H3. The fourth-order valence-electron chi connectivity index (χ4n) is 3.23. The van der Waals surface area contributed by atoms with Crippen molar-refractivity contribution in [3.63, 3.8) is 0 Å². The molecule has 1 heterocycles. The summed E-state index contributed by atoms with van der Waals surface area (Å²) >= 11 is 0. The third-order valence-corrected chi connectivity index (χ3v) is 4.54. The van der Waals surface area contributed by atoms with Crippen molar-refractivity contribution in [1.29, 1.82) is 0 Å². The molecule has 1 saturated heterocycles. The number of piperazine rings is 1. The third-order valence-electron chi connectivity index (χ3n) is 4.54. The highest BCUT2D eigenvalue weighted by atomic mass is 16.3. The molecule has 1 saturated carbocycles. The quantitative estimate of drug-likeness (QED) is 0.837.